The van der Waals surface area contributed by atoms with Gasteiger partial charge in [0.15, 0.2) is 12.9 Å². The summed E-state index contributed by atoms with van der Waals surface area (Å²) in [6.45, 7) is 4.42. The Labute approximate surface area is 127 Å². The van der Waals surface area contributed by atoms with Crippen LogP contribution in [0.3, 0.4) is 0 Å². The number of ether oxygens (including phenoxy) is 3. The van der Waals surface area contributed by atoms with Crippen molar-refractivity contribution in [3.63, 3.8) is 0 Å². The highest BCUT2D eigenvalue weighted by atomic mass is 16.6. The number of hydrogen-bond acceptors (Lipinski definition) is 7. The molecular weight excluding hydrogens is 290 g/mol. The van der Waals surface area contributed by atoms with Crippen LogP contribution in [-0.4, -0.2) is 42.1 Å². The number of fused-ring (bicyclic) bond motifs is 1. The summed E-state index contributed by atoms with van der Waals surface area (Å²) in [4.78, 5) is 23.0. The minimum Gasteiger partial charge on any atom is -0.457 e. The van der Waals surface area contributed by atoms with Crippen LogP contribution < -0.4 is 0 Å². The summed E-state index contributed by atoms with van der Waals surface area (Å²) in [5.74, 6) is -1.44. The normalized spacial score (nSPS) is 41.0. The van der Waals surface area contributed by atoms with E-state index in [1.165, 1.54) is 6.92 Å². The minimum atomic E-state index is -1.14. The van der Waals surface area contributed by atoms with E-state index in [0.717, 1.165) is 0 Å². The molecule has 3 aliphatic rings. The molecule has 2 aliphatic carbocycles. The third-order valence-corrected chi connectivity index (χ3v) is 4.88. The van der Waals surface area contributed by atoms with Crippen LogP contribution in [0.4, 0.5) is 0 Å². The van der Waals surface area contributed by atoms with E-state index in [9.17, 15) is 20.0 Å². The second-order valence-electron chi connectivity index (χ2n) is 6.22. The molecule has 7 heteroatoms. The van der Waals surface area contributed by atoms with Crippen molar-refractivity contribution in [3.8, 4) is 6.07 Å². The van der Waals surface area contributed by atoms with Gasteiger partial charge in [0.25, 0.3) is 0 Å². The molecule has 2 bridgehead atoms. The Kier molecular flexibility index (Phi) is 3.46. The first-order chi connectivity index (χ1) is 10.4. The second kappa shape index (κ2) is 5.07. The van der Waals surface area contributed by atoms with Crippen molar-refractivity contribution in [2.75, 3.05) is 6.61 Å². The van der Waals surface area contributed by atoms with Gasteiger partial charge in [-0.15, -0.1) is 0 Å². The molecule has 0 aromatic heterocycles. The number of rotatable bonds is 4. The van der Waals surface area contributed by atoms with E-state index < -0.39 is 42.5 Å². The maximum absolute atomic E-state index is 11.8. The van der Waals surface area contributed by atoms with Crippen molar-refractivity contribution >= 4 is 11.9 Å². The van der Waals surface area contributed by atoms with Crippen LogP contribution in [0.15, 0.2) is 12.2 Å². The average Bonchev–Trinajstić information content (AvgIpc) is 3.06. The lowest BCUT2D eigenvalue weighted by molar-refractivity contribution is -0.172. The molecule has 6 unspecified atom stereocenters. The fourth-order valence-corrected chi connectivity index (χ4v) is 3.89. The first-order valence-corrected chi connectivity index (χ1v) is 7.16. The first-order valence-electron chi connectivity index (χ1n) is 7.16. The fraction of sp³-hybridized carbons (Fsp3) is 0.667. The minimum absolute atomic E-state index is 0.00686. The van der Waals surface area contributed by atoms with Crippen molar-refractivity contribution < 1.29 is 28.9 Å². The van der Waals surface area contributed by atoms with E-state index in [1.807, 2.05) is 0 Å². The Hall–Kier alpha value is -1.91. The SMILES string of the molecule is C=C(C)C(=O)OCC(=O)OC1C2CC3C1OC(O)C3(C#N)C2. The second-order valence-corrected chi connectivity index (χ2v) is 6.22. The van der Waals surface area contributed by atoms with E-state index in [4.69, 9.17) is 14.2 Å². The van der Waals surface area contributed by atoms with Crippen molar-refractivity contribution in [2.24, 2.45) is 17.3 Å². The summed E-state index contributed by atoms with van der Waals surface area (Å²) >= 11 is 0. The molecule has 0 aromatic carbocycles. The Morgan fingerprint density at radius 3 is 2.91 bits per heavy atom. The molecule has 0 spiro atoms. The van der Waals surface area contributed by atoms with Gasteiger partial charge in [0.1, 0.15) is 17.6 Å². The lowest BCUT2D eigenvalue weighted by atomic mass is 9.74. The molecule has 1 heterocycles. The van der Waals surface area contributed by atoms with Gasteiger partial charge < -0.3 is 19.3 Å². The maximum Gasteiger partial charge on any atom is 0.344 e. The summed E-state index contributed by atoms with van der Waals surface area (Å²) in [6.07, 6.45) is -0.954. The molecule has 22 heavy (non-hydrogen) atoms. The summed E-state index contributed by atoms with van der Waals surface area (Å²) in [7, 11) is 0. The third kappa shape index (κ3) is 2.02. The van der Waals surface area contributed by atoms with Crippen LogP contribution in [0, 0.1) is 28.6 Å². The maximum atomic E-state index is 11.8. The van der Waals surface area contributed by atoms with E-state index in [2.05, 4.69) is 12.6 Å². The zero-order valence-corrected chi connectivity index (χ0v) is 12.2. The van der Waals surface area contributed by atoms with Gasteiger partial charge in [-0.3, -0.25) is 0 Å². The van der Waals surface area contributed by atoms with Crippen molar-refractivity contribution in [3.05, 3.63) is 12.2 Å². The van der Waals surface area contributed by atoms with E-state index in [-0.39, 0.29) is 17.4 Å². The van der Waals surface area contributed by atoms with Crippen molar-refractivity contribution in [1.29, 1.82) is 5.26 Å². The van der Waals surface area contributed by atoms with Crippen LogP contribution in [-0.2, 0) is 23.8 Å². The van der Waals surface area contributed by atoms with Crippen LogP contribution in [0.5, 0.6) is 0 Å². The largest absolute Gasteiger partial charge is 0.457 e. The van der Waals surface area contributed by atoms with Gasteiger partial charge in [0.2, 0.25) is 0 Å². The number of hydrogen-bond donors (Lipinski definition) is 1. The molecule has 1 saturated heterocycles. The number of aliphatic hydroxyl groups is 1. The molecule has 3 rings (SSSR count). The molecule has 1 N–H and O–H groups in total. The summed E-state index contributed by atoms with van der Waals surface area (Å²) < 4.78 is 15.5. The topological polar surface area (TPSA) is 106 Å². The van der Waals surface area contributed by atoms with Crippen LogP contribution >= 0.6 is 0 Å². The highest BCUT2D eigenvalue weighted by Gasteiger charge is 2.70. The number of nitrogens with zero attached hydrogens (tertiary/aromatic N) is 1. The van der Waals surface area contributed by atoms with Crippen LogP contribution in [0.1, 0.15) is 19.8 Å². The smallest absolute Gasteiger partial charge is 0.344 e. The quantitative estimate of drug-likeness (QED) is 0.587. The predicted octanol–water partition coefficient (Wildman–Crippen LogP) is 0.284. The highest BCUT2D eigenvalue weighted by Crippen LogP contribution is 2.63. The molecular formula is C15H17NO6. The summed E-state index contributed by atoms with van der Waals surface area (Å²) in [5.41, 5.74) is -0.668. The Morgan fingerprint density at radius 1 is 1.55 bits per heavy atom. The van der Waals surface area contributed by atoms with Gasteiger partial charge in [-0.05, 0) is 19.8 Å². The fourth-order valence-electron chi connectivity index (χ4n) is 3.89. The van der Waals surface area contributed by atoms with Crippen molar-refractivity contribution in [1.82, 2.24) is 0 Å². The van der Waals surface area contributed by atoms with Gasteiger partial charge in [0.05, 0.1) is 6.07 Å². The zero-order chi connectivity index (χ0) is 16.1. The standard InChI is InChI=1S/C15H17NO6/c1-7(2)13(18)20-5-10(17)21-11-8-3-9-12(11)22-14(19)15(9,4-8)6-16/h8-9,11-12,14,19H,1,3-5H2,2H3. The van der Waals surface area contributed by atoms with Gasteiger partial charge in [-0.1, -0.05) is 6.58 Å². The monoisotopic (exact) mass is 307 g/mol. The lowest BCUT2D eigenvalue weighted by Crippen LogP contribution is -2.40. The van der Waals surface area contributed by atoms with Crippen LogP contribution in [0.2, 0.25) is 0 Å². The first kappa shape index (κ1) is 15.0. The van der Waals surface area contributed by atoms with E-state index in [1.54, 1.807) is 0 Å². The summed E-state index contributed by atoms with van der Waals surface area (Å²) in [6, 6.07) is 2.18. The van der Waals surface area contributed by atoms with Crippen LogP contribution in [0.25, 0.3) is 0 Å². The zero-order valence-electron chi connectivity index (χ0n) is 12.2. The number of nitriles is 1. The molecule has 3 fully saturated rings. The Morgan fingerprint density at radius 2 is 2.27 bits per heavy atom. The number of aliphatic hydroxyl groups excluding tert-OH is 1. The number of carbonyl (C=O) groups excluding carboxylic acids is 2. The molecule has 2 saturated carbocycles. The van der Waals surface area contributed by atoms with E-state index in [0.29, 0.717) is 12.8 Å². The third-order valence-electron chi connectivity index (χ3n) is 4.88. The van der Waals surface area contributed by atoms with Gasteiger partial charge in [-0.2, -0.15) is 5.26 Å². The Bertz CT molecular complexity index is 581. The molecule has 0 amide bonds. The lowest BCUT2D eigenvalue weighted by Gasteiger charge is -2.29. The van der Waals surface area contributed by atoms with Gasteiger partial charge in [0, 0.05) is 17.4 Å². The molecule has 7 nitrogen and oxygen atoms in total. The summed E-state index contributed by atoms with van der Waals surface area (Å²) in [5, 5.41) is 19.3. The molecule has 6 atom stereocenters. The average molecular weight is 307 g/mol. The predicted molar refractivity (Wildman–Crippen MR) is 70.8 cm³/mol. The number of carbonyl (C=O) groups is 2. The molecule has 118 valence electrons. The number of esters is 2. The molecule has 1 aliphatic heterocycles. The highest BCUT2D eigenvalue weighted by molar-refractivity contribution is 5.88. The van der Waals surface area contributed by atoms with Crippen molar-refractivity contribution in [2.45, 2.75) is 38.3 Å². The molecule has 0 aromatic rings. The Balaban J connectivity index is 1.60. The van der Waals surface area contributed by atoms with Gasteiger partial charge >= 0.3 is 11.9 Å². The van der Waals surface area contributed by atoms with E-state index >= 15 is 0 Å². The molecule has 0 radical (unpaired) electrons. The van der Waals surface area contributed by atoms with Gasteiger partial charge in [-0.25, -0.2) is 9.59 Å².